The third-order valence-electron chi connectivity index (χ3n) is 3.56. The molecule has 22 heavy (non-hydrogen) atoms. The van der Waals surface area contributed by atoms with Crippen molar-refractivity contribution in [3.05, 3.63) is 60.4 Å². The molecular weight excluding hydrogens is 274 g/mol. The molecule has 3 rings (SSSR count). The fourth-order valence-electron chi connectivity index (χ4n) is 2.57. The van der Waals surface area contributed by atoms with E-state index in [9.17, 15) is 4.79 Å². The van der Waals surface area contributed by atoms with Gasteiger partial charge in [0.15, 0.2) is 0 Å². The summed E-state index contributed by atoms with van der Waals surface area (Å²) in [7, 11) is 0. The normalized spacial score (nSPS) is 11.0. The molecule has 1 amide bonds. The maximum Gasteiger partial charge on any atom is 0.244 e. The summed E-state index contributed by atoms with van der Waals surface area (Å²) in [4.78, 5) is 17.0. The highest BCUT2D eigenvalue weighted by Gasteiger charge is 2.15. The average molecular weight is 293 g/mol. The van der Waals surface area contributed by atoms with Crippen molar-refractivity contribution in [2.45, 2.75) is 26.3 Å². The van der Waals surface area contributed by atoms with Gasteiger partial charge in [-0.3, -0.25) is 4.79 Å². The van der Waals surface area contributed by atoms with E-state index in [-0.39, 0.29) is 18.4 Å². The fraction of sp³-hybridized carbons (Fsp3) is 0.222. The van der Waals surface area contributed by atoms with E-state index in [0.29, 0.717) is 0 Å². The van der Waals surface area contributed by atoms with Crippen LogP contribution < -0.4 is 5.32 Å². The molecular formula is C18H19N3O. The van der Waals surface area contributed by atoms with Gasteiger partial charge in [-0.2, -0.15) is 0 Å². The zero-order valence-corrected chi connectivity index (χ0v) is 12.8. The van der Waals surface area contributed by atoms with Gasteiger partial charge in [0.1, 0.15) is 12.4 Å². The van der Waals surface area contributed by atoms with E-state index in [2.05, 4.69) is 24.1 Å². The number of fused-ring (bicyclic) bond motifs is 1. The third-order valence-corrected chi connectivity index (χ3v) is 3.56. The Morgan fingerprint density at radius 2 is 1.77 bits per heavy atom. The first-order chi connectivity index (χ1) is 10.6. The lowest BCUT2D eigenvalue weighted by Gasteiger charge is -2.11. The molecule has 0 aliphatic heterocycles. The van der Waals surface area contributed by atoms with Crippen LogP contribution in [0, 0.1) is 0 Å². The first-order valence-corrected chi connectivity index (χ1v) is 7.45. The summed E-state index contributed by atoms with van der Waals surface area (Å²) < 4.78 is 2.00. The third kappa shape index (κ3) is 2.86. The summed E-state index contributed by atoms with van der Waals surface area (Å²) in [5, 5.41) is 2.92. The second kappa shape index (κ2) is 6.02. The quantitative estimate of drug-likeness (QED) is 0.795. The molecule has 112 valence electrons. The van der Waals surface area contributed by atoms with Gasteiger partial charge in [0, 0.05) is 11.6 Å². The lowest BCUT2D eigenvalue weighted by atomic mass is 10.2. The van der Waals surface area contributed by atoms with Gasteiger partial charge in [-0.05, 0) is 24.3 Å². The van der Waals surface area contributed by atoms with Crippen molar-refractivity contribution in [2.75, 3.05) is 5.32 Å². The zero-order valence-electron chi connectivity index (χ0n) is 12.8. The molecule has 1 aromatic heterocycles. The molecule has 0 fully saturated rings. The van der Waals surface area contributed by atoms with E-state index < -0.39 is 0 Å². The molecule has 0 aliphatic carbocycles. The molecule has 4 heteroatoms. The van der Waals surface area contributed by atoms with Crippen LogP contribution in [0.1, 0.15) is 25.6 Å². The number of benzene rings is 2. The highest BCUT2D eigenvalue weighted by molar-refractivity contribution is 5.91. The van der Waals surface area contributed by atoms with Crippen LogP contribution in [0.25, 0.3) is 11.0 Å². The molecule has 0 atom stereocenters. The monoisotopic (exact) mass is 293 g/mol. The number of hydrogen-bond acceptors (Lipinski definition) is 2. The molecule has 0 saturated carbocycles. The van der Waals surface area contributed by atoms with E-state index in [4.69, 9.17) is 0 Å². The zero-order chi connectivity index (χ0) is 15.5. The molecule has 0 unspecified atom stereocenters. The molecule has 1 N–H and O–H groups in total. The number of carbonyl (C=O) groups is 1. The topological polar surface area (TPSA) is 46.9 Å². The Kier molecular flexibility index (Phi) is 3.92. The van der Waals surface area contributed by atoms with E-state index in [1.807, 2.05) is 59.2 Å². The predicted molar refractivity (Wildman–Crippen MR) is 88.9 cm³/mol. The van der Waals surface area contributed by atoms with E-state index in [1.54, 1.807) is 0 Å². The second-order valence-corrected chi connectivity index (χ2v) is 5.61. The predicted octanol–water partition coefficient (Wildman–Crippen LogP) is 3.80. The van der Waals surface area contributed by atoms with E-state index >= 15 is 0 Å². The van der Waals surface area contributed by atoms with Crippen LogP contribution in [0.3, 0.4) is 0 Å². The number of rotatable bonds is 4. The lowest BCUT2D eigenvalue weighted by molar-refractivity contribution is -0.116. The summed E-state index contributed by atoms with van der Waals surface area (Å²) in [5.74, 6) is 1.15. The van der Waals surface area contributed by atoms with Crippen molar-refractivity contribution in [1.82, 2.24) is 9.55 Å². The van der Waals surface area contributed by atoms with Crippen LogP contribution in [0.15, 0.2) is 54.6 Å². The Balaban J connectivity index is 1.89. The van der Waals surface area contributed by atoms with Crippen LogP contribution in [-0.4, -0.2) is 15.5 Å². The number of para-hydroxylation sites is 3. The molecule has 2 aromatic carbocycles. The number of hydrogen-bond donors (Lipinski definition) is 1. The van der Waals surface area contributed by atoms with Crippen LogP contribution in [0.2, 0.25) is 0 Å². The molecule has 0 spiro atoms. The van der Waals surface area contributed by atoms with Crippen LogP contribution in [-0.2, 0) is 11.3 Å². The van der Waals surface area contributed by atoms with E-state index in [0.717, 1.165) is 22.5 Å². The number of nitrogens with zero attached hydrogens (tertiary/aromatic N) is 2. The molecule has 4 nitrogen and oxygen atoms in total. The van der Waals surface area contributed by atoms with Crippen LogP contribution >= 0.6 is 0 Å². The molecule has 0 bridgehead atoms. The molecule has 0 saturated heterocycles. The number of carbonyl (C=O) groups excluding carboxylic acids is 1. The Labute approximate surface area is 129 Å². The van der Waals surface area contributed by atoms with Gasteiger partial charge in [0.25, 0.3) is 0 Å². The minimum absolute atomic E-state index is 0.0451. The van der Waals surface area contributed by atoms with Crippen LogP contribution in [0.5, 0.6) is 0 Å². The van der Waals surface area contributed by atoms with Gasteiger partial charge in [-0.25, -0.2) is 4.98 Å². The number of imidazole rings is 1. The van der Waals surface area contributed by atoms with E-state index in [1.165, 1.54) is 0 Å². The summed E-state index contributed by atoms with van der Waals surface area (Å²) >= 11 is 0. The Bertz CT molecular complexity index is 790. The van der Waals surface area contributed by atoms with Gasteiger partial charge >= 0.3 is 0 Å². The second-order valence-electron chi connectivity index (χ2n) is 5.61. The Morgan fingerprint density at radius 1 is 1.09 bits per heavy atom. The van der Waals surface area contributed by atoms with Gasteiger partial charge in [0.05, 0.1) is 11.0 Å². The van der Waals surface area contributed by atoms with Crippen molar-refractivity contribution in [3.63, 3.8) is 0 Å². The lowest BCUT2D eigenvalue weighted by Crippen LogP contribution is -2.20. The molecule has 1 heterocycles. The average Bonchev–Trinajstić information content (AvgIpc) is 2.87. The maximum atomic E-state index is 12.3. The highest BCUT2D eigenvalue weighted by Crippen LogP contribution is 2.21. The number of nitrogens with one attached hydrogen (secondary N) is 1. The highest BCUT2D eigenvalue weighted by atomic mass is 16.1. The van der Waals surface area contributed by atoms with Crippen molar-refractivity contribution in [3.8, 4) is 0 Å². The number of anilines is 1. The molecule has 3 aromatic rings. The molecule has 0 aliphatic rings. The van der Waals surface area contributed by atoms with Crippen molar-refractivity contribution < 1.29 is 4.79 Å². The minimum Gasteiger partial charge on any atom is -0.325 e. The van der Waals surface area contributed by atoms with Gasteiger partial charge in [-0.15, -0.1) is 0 Å². The SMILES string of the molecule is CC(C)c1nc2ccccc2n1CC(=O)Nc1ccccc1. The Hall–Kier alpha value is -2.62. The standard InChI is InChI=1S/C18H19N3O/c1-13(2)18-20-15-10-6-7-11-16(15)21(18)12-17(22)19-14-8-4-3-5-9-14/h3-11,13H,12H2,1-2H3,(H,19,22). The smallest absolute Gasteiger partial charge is 0.244 e. The molecule has 0 radical (unpaired) electrons. The van der Waals surface area contributed by atoms with Crippen LogP contribution in [0.4, 0.5) is 5.69 Å². The summed E-state index contributed by atoms with van der Waals surface area (Å²) in [6, 6.07) is 17.4. The summed E-state index contributed by atoms with van der Waals surface area (Å²) in [6.07, 6.45) is 0. The van der Waals surface area contributed by atoms with Crippen molar-refractivity contribution >= 4 is 22.6 Å². The maximum absolute atomic E-state index is 12.3. The van der Waals surface area contributed by atoms with Crippen molar-refractivity contribution in [2.24, 2.45) is 0 Å². The van der Waals surface area contributed by atoms with Gasteiger partial charge in [0.2, 0.25) is 5.91 Å². The largest absolute Gasteiger partial charge is 0.325 e. The minimum atomic E-state index is -0.0451. The summed E-state index contributed by atoms with van der Waals surface area (Å²) in [5.41, 5.74) is 2.73. The van der Waals surface area contributed by atoms with Gasteiger partial charge < -0.3 is 9.88 Å². The number of aromatic nitrogens is 2. The Morgan fingerprint density at radius 3 is 2.50 bits per heavy atom. The van der Waals surface area contributed by atoms with Gasteiger partial charge in [-0.1, -0.05) is 44.2 Å². The fourth-order valence-corrected chi connectivity index (χ4v) is 2.57. The number of amides is 1. The van der Waals surface area contributed by atoms with Crippen molar-refractivity contribution in [1.29, 1.82) is 0 Å². The summed E-state index contributed by atoms with van der Waals surface area (Å²) in [6.45, 7) is 4.45. The first kappa shape index (κ1) is 14.3. The first-order valence-electron chi connectivity index (χ1n) is 7.45.